The summed E-state index contributed by atoms with van der Waals surface area (Å²) in [5.74, 6) is -0.612. The standard InChI is InChI=1S/C17H16BrFN4O4/c1-17(7-6-11-3-2-8-27-11)14(24)23(16(26)21-17)22-15(25)20-13-5-4-10(18)9-12(13)19/h2-5,8-9H,6-7H2,1H3,(H,21,26)(H2,20,22,25). The highest BCUT2D eigenvalue weighted by Crippen LogP contribution is 2.23. The Morgan fingerprint density at radius 1 is 1.37 bits per heavy atom. The number of halogens is 2. The molecule has 1 atom stereocenters. The molecule has 1 aromatic heterocycles. The summed E-state index contributed by atoms with van der Waals surface area (Å²) >= 11 is 3.11. The van der Waals surface area contributed by atoms with Gasteiger partial charge in [0.15, 0.2) is 0 Å². The number of carbonyl (C=O) groups is 3. The third kappa shape index (κ3) is 4.11. The molecule has 3 rings (SSSR count). The molecule has 8 nitrogen and oxygen atoms in total. The second-order valence-corrected chi connectivity index (χ2v) is 7.09. The van der Waals surface area contributed by atoms with E-state index in [2.05, 4.69) is 32.0 Å². The van der Waals surface area contributed by atoms with Gasteiger partial charge in [0.1, 0.15) is 17.1 Å². The smallest absolute Gasteiger partial charge is 0.344 e. The van der Waals surface area contributed by atoms with Gasteiger partial charge in [-0.05, 0) is 43.7 Å². The number of aryl methyl sites for hydroxylation is 1. The van der Waals surface area contributed by atoms with Crippen molar-refractivity contribution in [1.29, 1.82) is 0 Å². The molecule has 0 spiro atoms. The molecule has 5 amide bonds. The number of hydrogen-bond donors (Lipinski definition) is 3. The molecule has 0 bridgehead atoms. The van der Waals surface area contributed by atoms with Crippen LogP contribution in [0.2, 0.25) is 0 Å². The van der Waals surface area contributed by atoms with E-state index >= 15 is 0 Å². The van der Waals surface area contributed by atoms with Crippen LogP contribution in [-0.2, 0) is 11.2 Å². The first-order chi connectivity index (χ1) is 12.8. The zero-order valence-corrected chi connectivity index (χ0v) is 15.8. The van der Waals surface area contributed by atoms with Crippen molar-refractivity contribution in [3.05, 3.63) is 52.6 Å². The third-order valence-corrected chi connectivity index (χ3v) is 4.60. The Kier molecular flexibility index (Phi) is 5.17. The SMILES string of the molecule is CC1(CCc2ccco2)NC(=O)N(NC(=O)Nc2ccc(Br)cc2F)C1=O. The number of benzene rings is 1. The summed E-state index contributed by atoms with van der Waals surface area (Å²) in [6, 6.07) is 5.86. The Morgan fingerprint density at radius 2 is 2.15 bits per heavy atom. The number of anilines is 1. The van der Waals surface area contributed by atoms with E-state index in [1.165, 1.54) is 24.5 Å². The number of furan rings is 1. The molecule has 10 heteroatoms. The van der Waals surface area contributed by atoms with Gasteiger partial charge in [-0.25, -0.2) is 19.4 Å². The van der Waals surface area contributed by atoms with Gasteiger partial charge in [-0.1, -0.05) is 15.9 Å². The van der Waals surface area contributed by atoms with Gasteiger partial charge in [0.2, 0.25) is 0 Å². The zero-order valence-electron chi connectivity index (χ0n) is 14.2. The molecule has 1 aliphatic rings. The molecule has 2 heterocycles. The second-order valence-electron chi connectivity index (χ2n) is 6.17. The van der Waals surface area contributed by atoms with Crippen LogP contribution < -0.4 is 16.1 Å². The Labute approximate surface area is 162 Å². The Hall–Kier alpha value is -2.88. The fourth-order valence-electron chi connectivity index (χ4n) is 2.63. The van der Waals surface area contributed by atoms with Gasteiger partial charge in [-0.3, -0.25) is 4.79 Å². The highest BCUT2D eigenvalue weighted by atomic mass is 79.9. The Bertz CT molecular complexity index is 889. The van der Waals surface area contributed by atoms with Crippen LogP contribution in [0.3, 0.4) is 0 Å². The minimum atomic E-state index is -1.19. The maximum Gasteiger partial charge on any atom is 0.344 e. The molecule has 1 aromatic carbocycles. The van der Waals surface area contributed by atoms with E-state index < -0.39 is 29.3 Å². The van der Waals surface area contributed by atoms with Gasteiger partial charge in [0.25, 0.3) is 5.91 Å². The summed E-state index contributed by atoms with van der Waals surface area (Å²) in [6.07, 6.45) is 2.23. The second kappa shape index (κ2) is 7.39. The predicted molar refractivity (Wildman–Crippen MR) is 97.1 cm³/mol. The van der Waals surface area contributed by atoms with E-state index in [0.29, 0.717) is 21.7 Å². The summed E-state index contributed by atoms with van der Waals surface area (Å²) in [6.45, 7) is 1.56. The molecule has 0 aliphatic carbocycles. The normalized spacial score (nSPS) is 19.1. The first-order valence-electron chi connectivity index (χ1n) is 8.00. The van der Waals surface area contributed by atoms with Crippen molar-refractivity contribution >= 4 is 39.6 Å². The Morgan fingerprint density at radius 3 is 2.81 bits per heavy atom. The average Bonchev–Trinajstić information content (AvgIpc) is 3.19. The van der Waals surface area contributed by atoms with Crippen LogP contribution in [0.4, 0.5) is 19.7 Å². The molecule has 1 fully saturated rings. The number of urea groups is 2. The first-order valence-corrected chi connectivity index (χ1v) is 8.79. The molecule has 1 unspecified atom stereocenters. The fourth-order valence-corrected chi connectivity index (χ4v) is 2.96. The minimum absolute atomic E-state index is 0.0941. The van der Waals surface area contributed by atoms with E-state index in [-0.39, 0.29) is 12.1 Å². The molecule has 0 saturated carbocycles. The summed E-state index contributed by atoms with van der Waals surface area (Å²) < 4.78 is 19.5. The van der Waals surface area contributed by atoms with Gasteiger partial charge in [0, 0.05) is 10.9 Å². The van der Waals surface area contributed by atoms with Crippen LogP contribution in [0.5, 0.6) is 0 Å². The van der Waals surface area contributed by atoms with Crippen LogP contribution in [0, 0.1) is 5.82 Å². The molecule has 2 aromatic rings. The van der Waals surface area contributed by atoms with Crippen molar-refractivity contribution in [1.82, 2.24) is 15.8 Å². The number of hydrogen-bond acceptors (Lipinski definition) is 4. The largest absolute Gasteiger partial charge is 0.469 e. The summed E-state index contributed by atoms with van der Waals surface area (Å²) in [4.78, 5) is 36.8. The number of rotatable bonds is 5. The number of amides is 5. The van der Waals surface area contributed by atoms with Gasteiger partial charge in [-0.15, -0.1) is 0 Å². The van der Waals surface area contributed by atoms with E-state index in [9.17, 15) is 18.8 Å². The van der Waals surface area contributed by atoms with E-state index in [1.807, 2.05) is 0 Å². The van der Waals surface area contributed by atoms with Crippen molar-refractivity contribution in [2.24, 2.45) is 0 Å². The lowest BCUT2D eigenvalue weighted by molar-refractivity contribution is -0.132. The van der Waals surface area contributed by atoms with Gasteiger partial charge < -0.3 is 15.1 Å². The van der Waals surface area contributed by atoms with Crippen LogP contribution in [0.25, 0.3) is 0 Å². The summed E-state index contributed by atoms with van der Waals surface area (Å²) in [7, 11) is 0. The maximum atomic E-state index is 13.8. The maximum absolute atomic E-state index is 13.8. The summed E-state index contributed by atoms with van der Waals surface area (Å²) in [5, 5.41) is 5.38. The van der Waals surface area contributed by atoms with E-state index in [0.717, 1.165) is 0 Å². The third-order valence-electron chi connectivity index (χ3n) is 4.11. The van der Waals surface area contributed by atoms with Crippen LogP contribution in [-0.4, -0.2) is 28.5 Å². The van der Waals surface area contributed by atoms with E-state index in [4.69, 9.17) is 4.42 Å². The molecule has 1 aliphatic heterocycles. The number of imide groups is 1. The van der Waals surface area contributed by atoms with Gasteiger partial charge in [0.05, 0.1) is 12.0 Å². The summed E-state index contributed by atoms with van der Waals surface area (Å²) in [5.41, 5.74) is 0.848. The van der Waals surface area contributed by atoms with Crippen molar-refractivity contribution in [3.8, 4) is 0 Å². The van der Waals surface area contributed by atoms with Crippen LogP contribution in [0.1, 0.15) is 19.1 Å². The molecule has 27 heavy (non-hydrogen) atoms. The number of nitrogens with zero attached hydrogens (tertiary/aromatic N) is 1. The highest BCUT2D eigenvalue weighted by molar-refractivity contribution is 9.10. The van der Waals surface area contributed by atoms with Crippen molar-refractivity contribution < 1.29 is 23.2 Å². The van der Waals surface area contributed by atoms with Crippen molar-refractivity contribution in [3.63, 3.8) is 0 Å². The van der Waals surface area contributed by atoms with Crippen LogP contribution in [0.15, 0.2) is 45.5 Å². The number of nitrogens with one attached hydrogen (secondary N) is 3. The number of carbonyl (C=O) groups excluding carboxylic acids is 3. The predicted octanol–water partition coefficient (Wildman–Crippen LogP) is 3.16. The van der Waals surface area contributed by atoms with Crippen LogP contribution >= 0.6 is 15.9 Å². The van der Waals surface area contributed by atoms with Crippen molar-refractivity contribution in [2.45, 2.75) is 25.3 Å². The monoisotopic (exact) mass is 438 g/mol. The highest BCUT2D eigenvalue weighted by Gasteiger charge is 2.48. The van der Waals surface area contributed by atoms with Gasteiger partial charge in [-0.2, -0.15) is 5.01 Å². The molecule has 142 valence electrons. The molecular weight excluding hydrogens is 423 g/mol. The number of hydrazine groups is 1. The first kappa shape index (κ1) is 18.9. The molecular formula is C17H16BrFN4O4. The Balaban J connectivity index is 1.63. The minimum Gasteiger partial charge on any atom is -0.469 e. The van der Waals surface area contributed by atoms with Crippen molar-refractivity contribution in [2.75, 3.05) is 5.32 Å². The molecule has 1 saturated heterocycles. The van der Waals surface area contributed by atoms with Gasteiger partial charge >= 0.3 is 12.1 Å². The van der Waals surface area contributed by atoms with E-state index in [1.54, 1.807) is 19.1 Å². The lowest BCUT2D eigenvalue weighted by atomic mass is 9.95. The lowest BCUT2D eigenvalue weighted by Crippen LogP contribution is -2.50. The quantitative estimate of drug-likeness (QED) is 0.623. The molecule has 3 N–H and O–H groups in total. The lowest BCUT2D eigenvalue weighted by Gasteiger charge is -2.21. The zero-order chi connectivity index (χ0) is 19.6. The average molecular weight is 439 g/mol. The molecule has 0 radical (unpaired) electrons. The topological polar surface area (TPSA) is 104 Å². The fraction of sp³-hybridized carbons (Fsp3) is 0.235.